The predicted octanol–water partition coefficient (Wildman–Crippen LogP) is 4.54. The Morgan fingerprint density at radius 1 is 0.951 bits per heavy atom. The zero-order chi connectivity index (χ0) is 43.3. The molecular formula is C47H56N4O10. The smallest absolute Gasteiger partial charge is 0.344 e. The summed E-state index contributed by atoms with van der Waals surface area (Å²) in [5.74, 6) is -2.58. The first-order valence-corrected chi connectivity index (χ1v) is 21.4. The molecule has 1 aliphatic carbocycles. The number of fused-ring (bicyclic) bond motifs is 6. The number of nitrogens with zero attached hydrogens (tertiary/aromatic N) is 3. The van der Waals surface area contributed by atoms with Crippen LogP contribution in [0.3, 0.4) is 0 Å². The highest BCUT2D eigenvalue weighted by molar-refractivity contribution is 5.99. The van der Waals surface area contributed by atoms with Crippen molar-refractivity contribution in [3.8, 4) is 5.75 Å². The van der Waals surface area contributed by atoms with Gasteiger partial charge in [0.15, 0.2) is 6.10 Å². The molecule has 0 amide bonds. The fourth-order valence-electron chi connectivity index (χ4n) is 12.9. The Morgan fingerprint density at radius 3 is 2.39 bits per heavy atom. The third-order valence-electron chi connectivity index (χ3n) is 15.1. The van der Waals surface area contributed by atoms with Gasteiger partial charge in [0.25, 0.3) is 0 Å². The minimum Gasteiger partial charge on any atom is -0.496 e. The number of esters is 4. The zero-order valence-corrected chi connectivity index (χ0v) is 36.3. The van der Waals surface area contributed by atoms with Gasteiger partial charge in [0.2, 0.25) is 5.60 Å². The summed E-state index contributed by atoms with van der Waals surface area (Å²) in [6.07, 6.45) is 5.60. The number of aromatic nitrogens is 1. The Balaban J connectivity index is 1.36. The van der Waals surface area contributed by atoms with Gasteiger partial charge in [0.05, 0.1) is 40.0 Å². The summed E-state index contributed by atoms with van der Waals surface area (Å²) in [7, 11) is 7.46. The number of likely N-dealkylation sites (N-methyl/N-ethyl adjacent to an activating group) is 1. The number of benzene rings is 2. The van der Waals surface area contributed by atoms with E-state index in [0.29, 0.717) is 68.0 Å². The topological polar surface area (TPSA) is 160 Å². The average molecular weight is 837 g/mol. The highest BCUT2D eigenvalue weighted by Crippen LogP contribution is 2.65. The molecule has 9 rings (SSSR count). The number of hydrogen-bond acceptors (Lipinski definition) is 13. The predicted molar refractivity (Wildman–Crippen MR) is 225 cm³/mol. The largest absolute Gasteiger partial charge is 0.496 e. The van der Waals surface area contributed by atoms with Crippen LogP contribution in [0.25, 0.3) is 10.9 Å². The van der Waals surface area contributed by atoms with Crippen LogP contribution in [0.1, 0.15) is 79.2 Å². The van der Waals surface area contributed by atoms with E-state index in [-0.39, 0.29) is 12.0 Å². The maximum absolute atomic E-state index is 15.3. The van der Waals surface area contributed by atoms with Gasteiger partial charge in [0, 0.05) is 91.4 Å². The first kappa shape index (κ1) is 41.2. The van der Waals surface area contributed by atoms with Gasteiger partial charge < -0.3 is 38.7 Å². The molecule has 2 N–H and O–H groups in total. The Kier molecular flexibility index (Phi) is 9.95. The Bertz CT molecular complexity index is 2420. The summed E-state index contributed by atoms with van der Waals surface area (Å²) < 4.78 is 29.0. The molecule has 1 aromatic heterocycles. The van der Waals surface area contributed by atoms with Gasteiger partial charge in [-0.15, -0.1) is 0 Å². The fourth-order valence-corrected chi connectivity index (χ4v) is 12.9. The number of H-pyrrole nitrogens is 1. The van der Waals surface area contributed by atoms with E-state index in [1.807, 2.05) is 37.1 Å². The van der Waals surface area contributed by atoms with Crippen LogP contribution in [-0.2, 0) is 50.7 Å². The molecule has 14 nitrogen and oxygen atoms in total. The number of aliphatic hydroxyl groups is 1. The lowest BCUT2D eigenvalue weighted by Crippen LogP contribution is -2.78. The lowest BCUT2D eigenvalue weighted by molar-refractivity contribution is -0.212. The summed E-state index contributed by atoms with van der Waals surface area (Å²) in [6, 6.07) is 8.20. The molecular weight excluding hydrogens is 781 g/mol. The van der Waals surface area contributed by atoms with Crippen molar-refractivity contribution in [3.63, 3.8) is 0 Å². The third kappa shape index (κ3) is 5.56. The van der Waals surface area contributed by atoms with Crippen molar-refractivity contribution in [1.82, 2.24) is 14.8 Å². The van der Waals surface area contributed by atoms with Gasteiger partial charge in [0.1, 0.15) is 11.2 Å². The molecule has 6 heterocycles. The quantitative estimate of drug-likeness (QED) is 0.185. The molecule has 1 spiro atoms. The molecule has 2 bridgehead atoms. The van der Waals surface area contributed by atoms with E-state index in [2.05, 4.69) is 39.9 Å². The van der Waals surface area contributed by atoms with E-state index in [4.69, 9.17) is 23.7 Å². The molecule has 14 heteroatoms. The molecule has 6 aliphatic rings. The molecule has 61 heavy (non-hydrogen) atoms. The van der Waals surface area contributed by atoms with Gasteiger partial charge in [-0.2, -0.15) is 0 Å². The van der Waals surface area contributed by atoms with Gasteiger partial charge in [-0.05, 0) is 73.5 Å². The maximum Gasteiger partial charge on any atom is 0.344 e. The zero-order valence-electron chi connectivity index (χ0n) is 36.3. The standard InChI is InChI=1S/C47H56N4O10/c1-9-26-17-27-21-46(43(54)59-7,38-31(24-50(22-26)23-27)30-18-29(41(53)58-6)11-12-34(30)48-38)33-19-32-35(20-36(33)57-5)49(4)42-45(32)14-16-51-15-13-28(10-2)37(39(45)51)40(61-25(3)52)47(42,56)44(55)60-8/h11-13,17-20,27,37,39-40,42,48,56H,9-10,14-16,21-24H2,1-8H3/t27-,37?,39+,40-,42-,45-,46+,47-/m1/s1. The highest BCUT2D eigenvalue weighted by atomic mass is 16.6. The summed E-state index contributed by atoms with van der Waals surface area (Å²) in [5.41, 5.74) is 2.48. The molecule has 3 aromatic rings. The van der Waals surface area contributed by atoms with Crippen LogP contribution in [0.2, 0.25) is 0 Å². The second-order valence-corrected chi connectivity index (χ2v) is 17.8. The van der Waals surface area contributed by atoms with Crippen molar-refractivity contribution in [1.29, 1.82) is 0 Å². The van der Waals surface area contributed by atoms with E-state index >= 15 is 4.79 Å². The number of carbonyl (C=O) groups is 4. The van der Waals surface area contributed by atoms with Gasteiger partial charge in [-0.3, -0.25) is 19.4 Å². The number of hydrogen-bond donors (Lipinski definition) is 2. The Labute approximate surface area is 355 Å². The molecule has 2 aromatic carbocycles. The number of methoxy groups -OCH3 is 4. The maximum atomic E-state index is 15.3. The van der Waals surface area contributed by atoms with E-state index in [0.717, 1.165) is 46.3 Å². The summed E-state index contributed by atoms with van der Waals surface area (Å²) in [4.78, 5) is 65.9. The van der Waals surface area contributed by atoms with Gasteiger partial charge >= 0.3 is 23.9 Å². The monoisotopic (exact) mass is 836 g/mol. The normalized spacial score (nSPS) is 32.2. The second kappa shape index (κ2) is 14.7. The van der Waals surface area contributed by atoms with Crippen LogP contribution in [0.5, 0.6) is 5.75 Å². The average Bonchev–Trinajstić information content (AvgIpc) is 3.91. The van der Waals surface area contributed by atoms with Crippen LogP contribution in [0.15, 0.2) is 53.6 Å². The fraction of sp³-hybridized carbons (Fsp3) is 0.532. The second-order valence-electron chi connectivity index (χ2n) is 17.8. The van der Waals surface area contributed by atoms with Crippen molar-refractivity contribution in [2.45, 2.75) is 87.6 Å². The number of nitrogens with one attached hydrogen (secondary N) is 1. The van der Waals surface area contributed by atoms with Crippen LogP contribution in [-0.4, -0.2) is 129 Å². The molecule has 5 aliphatic heterocycles. The van der Waals surface area contributed by atoms with Crippen molar-refractivity contribution >= 4 is 40.5 Å². The van der Waals surface area contributed by atoms with E-state index in [9.17, 15) is 19.5 Å². The number of rotatable bonds is 8. The third-order valence-corrected chi connectivity index (χ3v) is 15.1. The van der Waals surface area contributed by atoms with Crippen molar-refractivity contribution in [2.24, 2.45) is 11.8 Å². The van der Waals surface area contributed by atoms with E-state index in [1.54, 1.807) is 13.2 Å². The number of ether oxygens (including phenoxy) is 5. The molecule has 324 valence electrons. The van der Waals surface area contributed by atoms with Crippen LogP contribution in [0.4, 0.5) is 5.69 Å². The minimum atomic E-state index is -2.29. The van der Waals surface area contributed by atoms with E-state index < -0.39 is 58.4 Å². The van der Waals surface area contributed by atoms with Crippen molar-refractivity contribution in [2.75, 3.05) is 66.6 Å². The molecule has 2 unspecified atom stereocenters. The summed E-state index contributed by atoms with van der Waals surface area (Å²) in [6.45, 7) is 8.79. The highest BCUT2D eigenvalue weighted by Gasteiger charge is 2.77. The first-order chi connectivity index (χ1) is 29.3. The van der Waals surface area contributed by atoms with Crippen LogP contribution in [0, 0.1) is 11.8 Å². The molecule has 1 saturated heterocycles. The molecule has 1 saturated carbocycles. The molecule has 2 fully saturated rings. The number of anilines is 1. The lowest BCUT2D eigenvalue weighted by atomic mass is 9.52. The molecule has 0 radical (unpaired) electrons. The molecule has 9 atom stereocenters. The van der Waals surface area contributed by atoms with Crippen molar-refractivity contribution in [3.05, 3.63) is 81.6 Å². The summed E-state index contributed by atoms with van der Waals surface area (Å²) >= 11 is 0. The van der Waals surface area contributed by atoms with Crippen molar-refractivity contribution < 1.29 is 48.0 Å². The Hall–Kier alpha value is -5.18. The first-order valence-electron chi connectivity index (χ1n) is 21.4. The van der Waals surface area contributed by atoms with Crippen LogP contribution >= 0.6 is 0 Å². The minimum absolute atomic E-state index is 0.0509. The van der Waals surface area contributed by atoms with E-state index in [1.165, 1.54) is 33.8 Å². The number of carbonyl (C=O) groups excluding carboxylic acids is 4. The van der Waals surface area contributed by atoms with Crippen LogP contribution < -0.4 is 9.64 Å². The SMILES string of the molecule is CCC1=C[C@H]2CN(C1)Cc1c([nH]c3ccc(C(=O)OC)cc13)[C@@](C(=O)OC)(c1cc3c(cc1OC)N(C)[C@H]1[C@@](O)(C(=O)OC)[C@H](OC(C)=O)C4C(CC)=CCN5CC[C@]31[C@H]45)C2. The summed E-state index contributed by atoms with van der Waals surface area (Å²) in [5, 5.41) is 14.1. The van der Waals surface area contributed by atoms with Gasteiger partial charge in [-0.25, -0.2) is 9.59 Å². The Morgan fingerprint density at radius 2 is 1.72 bits per heavy atom. The number of aromatic amines is 1. The lowest BCUT2D eigenvalue weighted by Gasteiger charge is -2.59. The van der Waals surface area contributed by atoms with Gasteiger partial charge in [-0.1, -0.05) is 37.1 Å².